The Bertz CT molecular complexity index is 1180. The summed E-state index contributed by atoms with van der Waals surface area (Å²) >= 11 is 11.8. The molecular formula is C22H17Cl2F6N3O3. The number of carbonyl (C=O) groups is 1. The molecular weight excluding hydrogens is 539 g/mol. The summed E-state index contributed by atoms with van der Waals surface area (Å²) in [6.45, 7) is -0.580. The van der Waals surface area contributed by atoms with Gasteiger partial charge in [-0.2, -0.15) is 26.3 Å². The topological polar surface area (TPSA) is 72.3 Å². The number of halogens is 8. The number of amides is 1. The summed E-state index contributed by atoms with van der Waals surface area (Å²) in [6.07, 6.45) is -8.81. The van der Waals surface area contributed by atoms with E-state index < -0.39 is 43.4 Å². The lowest BCUT2D eigenvalue weighted by Gasteiger charge is -2.29. The third kappa shape index (κ3) is 6.61. The highest BCUT2D eigenvalue weighted by Crippen LogP contribution is 2.49. The number of carbonyl (C=O) groups excluding carboxylic acids is 1. The summed E-state index contributed by atoms with van der Waals surface area (Å²) < 4.78 is 78.6. The number of hydrogen-bond acceptors (Lipinski definition) is 5. The first kappa shape index (κ1) is 27.6. The lowest BCUT2D eigenvalue weighted by molar-refractivity contribution is -0.275. The molecule has 1 aliphatic rings. The average Bonchev–Trinajstić information content (AvgIpc) is 3.22. The molecule has 194 valence electrons. The Balaban J connectivity index is 1.70. The van der Waals surface area contributed by atoms with E-state index in [4.69, 9.17) is 28.0 Å². The number of alkyl halides is 6. The van der Waals surface area contributed by atoms with Crippen molar-refractivity contribution in [1.82, 2.24) is 5.32 Å². The highest BCUT2D eigenvalue weighted by molar-refractivity contribution is 6.34. The van der Waals surface area contributed by atoms with E-state index in [2.05, 4.69) is 15.1 Å². The number of nitrogens with zero attached hydrogens (tertiary/aromatic N) is 2. The third-order valence-electron chi connectivity index (χ3n) is 5.07. The second-order valence-electron chi connectivity index (χ2n) is 7.76. The molecule has 1 aliphatic heterocycles. The standard InChI is InChI=1S/C22H17Cl2F6N3O3/c1-12-4-13(2-3-14(12)9-32-35-10-19(34)31-11-21(25,26)27)18-8-20(36-33-18,22(28,29)30)15-5-16(23)7-17(24)6-15/h2-7,9H,8,10-11H2,1H3,(H,31,34)/b32-9-. The smallest absolute Gasteiger partial charge is 0.386 e. The molecule has 1 unspecified atom stereocenters. The quantitative estimate of drug-likeness (QED) is 0.262. The van der Waals surface area contributed by atoms with Crippen LogP contribution in [0.25, 0.3) is 0 Å². The molecule has 0 aromatic heterocycles. The fourth-order valence-corrected chi connectivity index (χ4v) is 3.81. The predicted octanol–water partition coefficient (Wildman–Crippen LogP) is 5.91. The first-order valence-electron chi connectivity index (χ1n) is 10.1. The van der Waals surface area contributed by atoms with Gasteiger partial charge in [0.1, 0.15) is 6.54 Å². The van der Waals surface area contributed by atoms with Gasteiger partial charge in [0.2, 0.25) is 0 Å². The summed E-state index contributed by atoms with van der Waals surface area (Å²) in [6, 6.07) is 8.10. The predicted molar refractivity (Wildman–Crippen MR) is 120 cm³/mol. The van der Waals surface area contributed by atoms with Crippen molar-refractivity contribution in [3.8, 4) is 0 Å². The molecule has 1 amide bonds. The fourth-order valence-electron chi connectivity index (χ4n) is 3.29. The van der Waals surface area contributed by atoms with Gasteiger partial charge in [-0.05, 0) is 47.9 Å². The molecule has 0 bridgehead atoms. The van der Waals surface area contributed by atoms with E-state index in [9.17, 15) is 31.1 Å². The van der Waals surface area contributed by atoms with Crippen LogP contribution in [0.1, 0.15) is 28.7 Å². The number of hydrogen-bond donors (Lipinski definition) is 1. The van der Waals surface area contributed by atoms with Gasteiger partial charge in [-0.1, -0.05) is 45.6 Å². The summed E-state index contributed by atoms with van der Waals surface area (Å²) in [7, 11) is 0. The van der Waals surface area contributed by atoms with Gasteiger partial charge in [-0.25, -0.2) is 0 Å². The Morgan fingerprint density at radius 3 is 2.42 bits per heavy atom. The number of aryl methyl sites for hydroxylation is 1. The van der Waals surface area contributed by atoms with Crippen molar-refractivity contribution >= 4 is 41.0 Å². The maximum atomic E-state index is 14.1. The van der Waals surface area contributed by atoms with Crippen LogP contribution in [-0.2, 0) is 20.1 Å². The van der Waals surface area contributed by atoms with Gasteiger partial charge in [-0.3, -0.25) is 4.79 Å². The van der Waals surface area contributed by atoms with E-state index in [1.165, 1.54) is 24.4 Å². The Labute approximate surface area is 210 Å². The Hall–Kier alpha value is -2.99. The lowest BCUT2D eigenvalue weighted by atomic mass is 9.86. The lowest BCUT2D eigenvalue weighted by Crippen LogP contribution is -2.42. The zero-order valence-corrected chi connectivity index (χ0v) is 19.8. The molecule has 2 aromatic carbocycles. The van der Waals surface area contributed by atoms with Crippen molar-refractivity contribution in [2.45, 2.75) is 31.3 Å². The Morgan fingerprint density at radius 1 is 1.17 bits per heavy atom. The number of oxime groups is 2. The van der Waals surface area contributed by atoms with E-state index in [1.54, 1.807) is 18.3 Å². The van der Waals surface area contributed by atoms with Crippen LogP contribution in [0.5, 0.6) is 0 Å². The second kappa shape index (κ2) is 10.6. The summed E-state index contributed by atoms with van der Waals surface area (Å²) in [5.74, 6) is -1.01. The van der Waals surface area contributed by atoms with Crippen molar-refractivity contribution in [3.05, 3.63) is 68.7 Å². The van der Waals surface area contributed by atoms with Crippen LogP contribution in [0.15, 0.2) is 46.7 Å². The highest BCUT2D eigenvalue weighted by atomic mass is 35.5. The van der Waals surface area contributed by atoms with Crippen LogP contribution in [0.2, 0.25) is 10.0 Å². The molecule has 0 fully saturated rings. The monoisotopic (exact) mass is 555 g/mol. The van der Waals surface area contributed by atoms with E-state index in [-0.39, 0.29) is 21.3 Å². The molecule has 0 saturated heterocycles. The number of benzene rings is 2. The normalized spacial score (nSPS) is 18.2. The highest BCUT2D eigenvalue weighted by Gasteiger charge is 2.62. The Kier molecular flexibility index (Phi) is 8.09. The van der Waals surface area contributed by atoms with E-state index in [1.807, 2.05) is 0 Å². The molecule has 2 aromatic rings. The second-order valence-corrected chi connectivity index (χ2v) is 8.63. The summed E-state index contributed by atoms with van der Waals surface area (Å²) in [4.78, 5) is 20.9. The summed E-state index contributed by atoms with van der Waals surface area (Å²) in [5, 5.41) is 8.87. The van der Waals surface area contributed by atoms with Crippen molar-refractivity contribution in [2.75, 3.05) is 13.2 Å². The van der Waals surface area contributed by atoms with Gasteiger partial charge in [0.05, 0.1) is 11.9 Å². The van der Waals surface area contributed by atoms with Crippen molar-refractivity contribution in [1.29, 1.82) is 0 Å². The molecule has 1 heterocycles. The van der Waals surface area contributed by atoms with Crippen LogP contribution in [0, 0.1) is 6.92 Å². The molecule has 1 N–H and O–H groups in total. The zero-order chi connectivity index (χ0) is 26.7. The molecule has 36 heavy (non-hydrogen) atoms. The minimum atomic E-state index is -4.84. The van der Waals surface area contributed by atoms with Crippen LogP contribution in [0.4, 0.5) is 26.3 Å². The molecule has 3 rings (SSSR count). The first-order valence-corrected chi connectivity index (χ1v) is 10.8. The van der Waals surface area contributed by atoms with Gasteiger partial charge in [0, 0.05) is 22.0 Å². The minimum absolute atomic E-state index is 0.0118. The van der Waals surface area contributed by atoms with Crippen LogP contribution in [0.3, 0.4) is 0 Å². The van der Waals surface area contributed by atoms with E-state index >= 15 is 0 Å². The number of rotatable bonds is 7. The van der Waals surface area contributed by atoms with Crippen molar-refractivity contribution < 1.29 is 40.8 Å². The van der Waals surface area contributed by atoms with E-state index in [0.29, 0.717) is 16.7 Å². The molecule has 1 atom stereocenters. The van der Waals surface area contributed by atoms with Crippen LogP contribution >= 0.6 is 23.2 Å². The maximum Gasteiger partial charge on any atom is 0.435 e. The molecule has 0 radical (unpaired) electrons. The Morgan fingerprint density at radius 2 is 1.83 bits per heavy atom. The first-order chi connectivity index (χ1) is 16.7. The van der Waals surface area contributed by atoms with Gasteiger partial charge >= 0.3 is 12.4 Å². The van der Waals surface area contributed by atoms with Crippen LogP contribution < -0.4 is 5.32 Å². The van der Waals surface area contributed by atoms with Crippen molar-refractivity contribution in [2.24, 2.45) is 10.3 Å². The van der Waals surface area contributed by atoms with Gasteiger partial charge in [-0.15, -0.1) is 0 Å². The molecule has 0 saturated carbocycles. The zero-order valence-electron chi connectivity index (χ0n) is 18.3. The SMILES string of the molecule is Cc1cc(C2=NOC(c3cc(Cl)cc(Cl)c3)(C(F)(F)F)C2)ccc1/C=N\OCC(=O)NCC(F)(F)F. The van der Waals surface area contributed by atoms with Crippen LogP contribution in [-0.4, -0.2) is 43.3 Å². The minimum Gasteiger partial charge on any atom is -0.386 e. The summed E-state index contributed by atoms with van der Waals surface area (Å²) in [5.41, 5.74) is -1.62. The average molecular weight is 556 g/mol. The van der Waals surface area contributed by atoms with E-state index in [0.717, 1.165) is 12.1 Å². The largest absolute Gasteiger partial charge is 0.435 e. The van der Waals surface area contributed by atoms with Gasteiger partial charge in [0.25, 0.3) is 11.5 Å². The molecule has 14 heteroatoms. The third-order valence-corrected chi connectivity index (χ3v) is 5.50. The fraction of sp³-hybridized carbons (Fsp3) is 0.318. The maximum absolute atomic E-state index is 14.1. The van der Waals surface area contributed by atoms with Crippen molar-refractivity contribution in [3.63, 3.8) is 0 Å². The number of nitrogens with one attached hydrogen (secondary N) is 1. The van der Waals surface area contributed by atoms with Gasteiger partial charge in [0.15, 0.2) is 6.61 Å². The molecule has 0 spiro atoms. The van der Waals surface area contributed by atoms with Gasteiger partial charge < -0.3 is 15.0 Å². The molecule has 6 nitrogen and oxygen atoms in total. The molecule has 0 aliphatic carbocycles.